The van der Waals surface area contributed by atoms with Crippen LogP contribution in [-0.4, -0.2) is 11.5 Å². The van der Waals surface area contributed by atoms with Gasteiger partial charge in [0.2, 0.25) is 0 Å². The molecule has 2 unspecified atom stereocenters. The summed E-state index contributed by atoms with van der Waals surface area (Å²) >= 11 is 6.00. The van der Waals surface area contributed by atoms with Crippen molar-refractivity contribution in [1.29, 1.82) is 0 Å². The normalized spacial score (nSPS) is 19.0. The zero-order valence-electron chi connectivity index (χ0n) is 13.2. The lowest BCUT2D eigenvalue weighted by Crippen LogP contribution is -2.51. The highest BCUT2D eigenvalue weighted by atomic mass is 35.5. The van der Waals surface area contributed by atoms with E-state index in [1.165, 1.54) is 24.8 Å². The van der Waals surface area contributed by atoms with E-state index >= 15 is 0 Å². The second-order valence-corrected chi connectivity index (χ2v) is 7.02. The summed E-state index contributed by atoms with van der Waals surface area (Å²) in [6.07, 6.45) is 4.86. The summed E-state index contributed by atoms with van der Waals surface area (Å²) in [4.78, 5) is 0. The summed E-state index contributed by atoms with van der Waals surface area (Å²) in [6.45, 7) is 6.89. The molecular weight excluding hydrogens is 305 g/mol. The maximum atomic E-state index is 6.59. The molecule has 1 aliphatic carbocycles. The number of hydrogen-bond donors (Lipinski definition) is 1. The van der Waals surface area contributed by atoms with Gasteiger partial charge >= 0.3 is 0 Å². The van der Waals surface area contributed by atoms with Crippen LogP contribution in [0.5, 0.6) is 0 Å². The molecule has 122 valence electrons. The Bertz CT molecular complexity index is 415. The fourth-order valence-corrected chi connectivity index (χ4v) is 3.24. The number of rotatable bonds is 5. The fraction of sp³-hybridized carbons (Fsp3) is 0.647. The van der Waals surface area contributed by atoms with E-state index in [-0.39, 0.29) is 29.3 Å². The van der Waals surface area contributed by atoms with Crippen molar-refractivity contribution in [2.45, 2.75) is 57.9 Å². The van der Waals surface area contributed by atoms with E-state index < -0.39 is 0 Å². The molecule has 0 aromatic heterocycles. The van der Waals surface area contributed by atoms with Crippen molar-refractivity contribution >= 4 is 24.0 Å². The zero-order chi connectivity index (χ0) is 14.0. The molecule has 2 rings (SSSR count). The third kappa shape index (κ3) is 4.35. The van der Waals surface area contributed by atoms with Gasteiger partial charge in [-0.2, -0.15) is 0 Å². The Morgan fingerprint density at radius 1 is 1.14 bits per heavy atom. The first kappa shape index (κ1) is 20.7. The number of hydrogen-bond acceptors (Lipinski definition) is 1. The van der Waals surface area contributed by atoms with Gasteiger partial charge in [-0.1, -0.05) is 50.9 Å². The smallest absolute Gasteiger partial charge is 0.0406 e. The van der Waals surface area contributed by atoms with E-state index in [0.717, 1.165) is 11.4 Å². The van der Waals surface area contributed by atoms with Gasteiger partial charge in [0.1, 0.15) is 0 Å². The van der Waals surface area contributed by atoms with E-state index in [1.807, 2.05) is 12.1 Å². The minimum atomic E-state index is 0. The van der Waals surface area contributed by atoms with Gasteiger partial charge in [-0.25, -0.2) is 0 Å². The topological polar surface area (TPSA) is 57.5 Å². The SMILES string of the molecule is CC(C)C(C)CC(N)C1(c2ccc(Cl)cc2)CCC1.Cl.O. The van der Waals surface area contributed by atoms with Crippen LogP contribution < -0.4 is 5.73 Å². The second kappa shape index (κ2) is 8.38. The van der Waals surface area contributed by atoms with Gasteiger partial charge in [0.25, 0.3) is 0 Å². The molecule has 2 atom stereocenters. The zero-order valence-corrected chi connectivity index (χ0v) is 14.8. The van der Waals surface area contributed by atoms with Crippen molar-refractivity contribution in [2.24, 2.45) is 17.6 Å². The summed E-state index contributed by atoms with van der Waals surface area (Å²) in [5.41, 5.74) is 8.17. The maximum Gasteiger partial charge on any atom is 0.0406 e. The molecule has 1 aliphatic rings. The predicted molar refractivity (Wildman–Crippen MR) is 94.4 cm³/mol. The Kier molecular flexibility index (Phi) is 8.27. The van der Waals surface area contributed by atoms with E-state index in [2.05, 4.69) is 32.9 Å². The van der Waals surface area contributed by atoms with Gasteiger partial charge in [0.05, 0.1) is 0 Å². The van der Waals surface area contributed by atoms with Crippen molar-refractivity contribution in [3.63, 3.8) is 0 Å². The first-order valence-corrected chi connectivity index (χ1v) is 7.85. The van der Waals surface area contributed by atoms with Crippen LogP contribution in [0.4, 0.5) is 0 Å². The highest BCUT2D eigenvalue weighted by Gasteiger charge is 2.44. The van der Waals surface area contributed by atoms with E-state index in [4.69, 9.17) is 17.3 Å². The van der Waals surface area contributed by atoms with Crippen molar-refractivity contribution in [1.82, 2.24) is 0 Å². The summed E-state index contributed by atoms with van der Waals surface area (Å²) in [7, 11) is 0. The van der Waals surface area contributed by atoms with Crippen LogP contribution in [0.2, 0.25) is 5.02 Å². The summed E-state index contributed by atoms with van der Waals surface area (Å²) in [6, 6.07) is 8.59. The van der Waals surface area contributed by atoms with Crippen LogP contribution in [0.1, 0.15) is 52.0 Å². The van der Waals surface area contributed by atoms with Gasteiger partial charge < -0.3 is 11.2 Å². The minimum Gasteiger partial charge on any atom is -0.412 e. The average Bonchev–Trinajstić information content (AvgIpc) is 2.30. The van der Waals surface area contributed by atoms with E-state index in [9.17, 15) is 0 Å². The van der Waals surface area contributed by atoms with Crippen molar-refractivity contribution in [3.8, 4) is 0 Å². The second-order valence-electron chi connectivity index (χ2n) is 6.58. The minimum absolute atomic E-state index is 0. The Balaban J connectivity index is 0.00000200. The summed E-state index contributed by atoms with van der Waals surface area (Å²) < 4.78 is 0. The standard InChI is InChI=1S/C17H26ClN.ClH.H2O/c1-12(2)13(3)11-16(19)17(9-4-10-17)14-5-7-15(18)8-6-14;;/h5-8,12-13,16H,4,9-11,19H2,1-3H3;1H;1H2. The molecule has 0 saturated heterocycles. The van der Waals surface area contributed by atoms with Crippen LogP contribution in [0.3, 0.4) is 0 Å². The number of halogens is 2. The van der Waals surface area contributed by atoms with Crippen molar-refractivity contribution < 1.29 is 5.48 Å². The monoisotopic (exact) mass is 333 g/mol. The van der Waals surface area contributed by atoms with Crippen LogP contribution >= 0.6 is 24.0 Å². The lowest BCUT2D eigenvalue weighted by atomic mass is 9.59. The third-order valence-corrected chi connectivity index (χ3v) is 5.39. The molecule has 21 heavy (non-hydrogen) atoms. The molecule has 2 nitrogen and oxygen atoms in total. The fourth-order valence-electron chi connectivity index (χ4n) is 3.11. The summed E-state index contributed by atoms with van der Waals surface area (Å²) in [5, 5.41) is 0.808. The van der Waals surface area contributed by atoms with Gasteiger partial charge in [0, 0.05) is 16.5 Å². The number of benzene rings is 1. The molecule has 1 fully saturated rings. The largest absolute Gasteiger partial charge is 0.412 e. The van der Waals surface area contributed by atoms with E-state index in [0.29, 0.717) is 11.8 Å². The van der Waals surface area contributed by atoms with Gasteiger partial charge in [-0.05, 0) is 48.8 Å². The molecule has 4 heteroatoms. The molecule has 4 N–H and O–H groups in total. The predicted octanol–water partition coefficient (Wildman–Crippen LogP) is 4.37. The molecule has 0 heterocycles. The Morgan fingerprint density at radius 3 is 2.05 bits per heavy atom. The molecule has 0 amide bonds. The third-order valence-electron chi connectivity index (χ3n) is 5.14. The Hall–Kier alpha value is -0.280. The molecule has 1 aromatic carbocycles. The molecule has 0 radical (unpaired) electrons. The van der Waals surface area contributed by atoms with Gasteiger partial charge in [-0.15, -0.1) is 12.4 Å². The Morgan fingerprint density at radius 2 is 1.67 bits per heavy atom. The molecule has 0 aliphatic heterocycles. The molecule has 0 spiro atoms. The highest BCUT2D eigenvalue weighted by Crippen LogP contribution is 2.47. The first-order chi connectivity index (χ1) is 8.95. The maximum absolute atomic E-state index is 6.59. The van der Waals surface area contributed by atoms with Crippen LogP contribution in [-0.2, 0) is 5.41 Å². The molecule has 1 saturated carbocycles. The molecule has 0 bridgehead atoms. The summed E-state index contributed by atoms with van der Waals surface area (Å²) in [5.74, 6) is 1.38. The average molecular weight is 334 g/mol. The van der Waals surface area contributed by atoms with E-state index in [1.54, 1.807) is 0 Å². The highest BCUT2D eigenvalue weighted by molar-refractivity contribution is 6.30. The van der Waals surface area contributed by atoms with Crippen LogP contribution in [0.15, 0.2) is 24.3 Å². The van der Waals surface area contributed by atoms with Crippen molar-refractivity contribution in [2.75, 3.05) is 0 Å². The number of nitrogens with two attached hydrogens (primary N) is 1. The Labute approximate surface area is 140 Å². The van der Waals surface area contributed by atoms with Crippen molar-refractivity contribution in [3.05, 3.63) is 34.9 Å². The first-order valence-electron chi connectivity index (χ1n) is 7.47. The quantitative estimate of drug-likeness (QED) is 0.854. The lowest BCUT2D eigenvalue weighted by molar-refractivity contribution is 0.167. The molecular formula is C17H29Cl2NO. The van der Waals surface area contributed by atoms with Crippen LogP contribution in [0.25, 0.3) is 0 Å². The van der Waals surface area contributed by atoms with Gasteiger partial charge in [-0.3, -0.25) is 0 Å². The lowest BCUT2D eigenvalue weighted by Gasteiger charge is -2.48. The molecule has 1 aromatic rings. The van der Waals surface area contributed by atoms with Gasteiger partial charge in [0.15, 0.2) is 0 Å². The van der Waals surface area contributed by atoms with Crippen LogP contribution in [0, 0.1) is 11.8 Å².